The van der Waals surface area contributed by atoms with E-state index in [1.165, 1.54) is 18.2 Å². The Bertz CT molecular complexity index is 1190. The van der Waals surface area contributed by atoms with Crippen molar-refractivity contribution in [1.29, 1.82) is 0 Å². The molecule has 1 aliphatic rings. The van der Waals surface area contributed by atoms with E-state index in [4.69, 9.17) is 9.29 Å². The van der Waals surface area contributed by atoms with Gasteiger partial charge in [-0.2, -0.15) is 8.42 Å². The fourth-order valence-electron chi connectivity index (χ4n) is 3.37. The highest BCUT2D eigenvalue weighted by atomic mass is 32.2. The molecule has 1 aromatic heterocycles. The van der Waals surface area contributed by atoms with Crippen LogP contribution in [0, 0.1) is 0 Å². The van der Waals surface area contributed by atoms with Crippen molar-refractivity contribution in [3.8, 4) is 5.75 Å². The van der Waals surface area contributed by atoms with E-state index in [0.717, 1.165) is 44.4 Å². The summed E-state index contributed by atoms with van der Waals surface area (Å²) in [4.78, 5) is 20.4. The van der Waals surface area contributed by atoms with Crippen LogP contribution in [0.3, 0.4) is 0 Å². The summed E-state index contributed by atoms with van der Waals surface area (Å²) in [6.07, 6.45) is 3.51. The Morgan fingerprint density at radius 1 is 1.15 bits per heavy atom. The van der Waals surface area contributed by atoms with E-state index in [1.807, 2.05) is 0 Å². The molecule has 176 valence electrons. The molecule has 1 saturated carbocycles. The Morgan fingerprint density at radius 3 is 2.64 bits per heavy atom. The number of anilines is 2. The normalized spacial score (nSPS) is 13.7. The van der Waals surface area contributed by atoms with E-state index in [0.29, 0.717) is 23.5 Å². The molecule has 1 fully saturated rings. The lowest BCUT2D eigenvalue weighted by Gasteiger charge is -2.11. The van der Waals surface area contributed by atoms with Crippen molar-refractivity contribution in [1.82, 2.24) is 15.3 Å². The summed E-state index contributed by atoms with van der Waals surface area (Å²) in [6.45, 7) is 2.18. The first-order chi connectivity index (χ1) is 16.0. The second-order valence-electron chi connectivity index (χ2n) is 7.80. The first kappa shape index (κ1) is 23.0. The van der Waals surface area contributed by atoms with Crippen LogP contribution < -0.4 is 19.7 Å². The Morgan fingerprint density at radius 2 is 1.94 bits per heavy atom. The number of nitrogens with zero attached hydrogens (tertiary/aromatic N) is 2. The minimum atomic E-state index is -4.02. The Balaban J connectivity index is 1.38. The van der Waals surface area contributed by atoms with Crippen molar-refractivity contribution in [3.63, 3.8) is 0 Å². The first-order valence-corrected chi connectivity index (χ1v) is 12.2. The smallest absolute Gasteiger partial charge is 0.339 e. The number of carbonyl (C=O) groups is 1. The molecule has 2 aromatic carbocycles. The fraction of sp³-hybridized carbons (Fsp3) is 0.364. The van der Waals surface area contributed by atoms with E-state index >= 15 is 0 Å². The molecule has 0 unspecified atom stereocenters. The van der Waals surface area contributed by atoms with E-state index in [-0.39, 0.29) is 23.3 Å². The molecule has 0 aliphatic heterocycles. The maximum Gasteiger partial charge on any atom is 0.339 e. The molecule has 10 nitrogen and oxygen atoms in total. The number of aliphatic hydroxyl groups excluding tert-OH is 1. The predicted molar refractivity (Wildman–Crippen MR) is 125 cm³/mol. The highest BCUT2D eigenvalue weighted by Gasteiger charge is 2.31. The van der Waals surface area contributed by atoms with E-state index in [2.05, 4.69) is 20.6 Å². The summed E-state index contributed by atoms with van der Waals surface area (Å²) in [5.74, 6) is 0.581. The number of aromatic nitrogens is 2. The van der Waals surface area contributed by atoms with Gasteiger partial charge in [-0.15, -0.1) is 0 Å². The summed E-state index contributed by atoms with van der Waals surface area (Å²) in [5, 5.41) is 15.0. The van der Waals surface area contributed by atoms with Crippen LogP contribution in [0.1, 0.15) is 19.3 Å². The Kier molecular flexibility index (Phi) is 7.11. The van der Waals surface area contributed by atoms with Crippen LogP contribution in [0.25, 0.3) is 11.0 Å². The first-order valence-electron chi connectivity index (χ1n) is 10.8. The van der Waals surface area contributed by atoms with Gasteiger partial charge in [0.25, 0.3) is 0 Å². The van der Waals surface area contributed by atoms with Crippen molar-refractivity contribution >= 4 is 39.2 Å². The second kappa shape index (κ2) is 10.2. The van der Waals surface area contributed by atoms with Gasteiger partial charge in [0.2, 0.25) is 12.4 Å². The topological polar surface area (TPSA) is 137 Å². The molecular formula is C22H27N5O5S. The number of aromatic amines is 1. The Labute approximate surface area is 192 Å². The quantitative estimate of drug-likeness (QED) is 0.168. The van der Waals surface area contributed by atoms with E-state index in [9.17, 15) is 13.2 Å². The van der Waals surface area contributed by atoms with E-state index in [1.54, 1.807) is 29.2 Å². The fourth-order valence-corrected chi connectivity index (χ4v) is 4.29. The number of rotatable bonds is 13. The number of fused-ring (bicyclic) bond motifs is 1. The monoisotopic (exact) mass is 473 g/mol. The van der Waals surface area contributed by atoms with Crippen LogP contribution in [0.4, 0.5) is 11.6 Å². The molecule has 1 aliphatic carbocycles. The van der Waals surface area contributed by atoms with Crippen molar-refractivity contribution in [2.45, 2.75) is 30.2 Å². The van der Waals surface area contributed by atoms with Gasteiger partial charge < -0.3 is 24.9 Å². The largest absolute Gasteiger partial charge is 0.395 e. The SMILES string of the molecule is O=CN(c1nc2cc(OS(=O)(=O)c3ccc(NCCCNCCO)cc3)ccc2[nH]1)C1CC1. The molecule has 0 atom stereocenters. The van der Waals surface area contributed by atoms with Crippen molar-refractivity contribution < 1.29 is 22.5 Å². The number of aliphatic hydroxyl groups is 1. The average Bonchev–Trinajstić information content (AvgIpc) is 3.55. The van der Waals surface area contributed by atoms with Crippen LogP contribution in [0.15, 0.2) is 47.4 Å². The number of hydrogen-bond donors (Lipinski definition) is 4. The number of carbonyl (C=O) groups excluding carboxylic acids is 1. The standard InChI is InChI=1S/C22H27N5O5S/c28-13-12-23-10-1-11-24-16-2-7-19(8-3-16)33(30,31)32-18-6-9-20-21(14-18)26-22(25-20)27(15-29)17-4-5-17/h2-3,6-9,14-15,17,23-24,28H,1,4-5,10-13H2,(H,25,26). The van der Waals surface area contributed by atoms with Crippen LogP contribution in [-0.2, 0) is 14.9 Å². The second-order valence-corrected chi connectivity index (χ2v) is 9.35. The van der Waals surface area contributed by atoms with Gasteiger partial charge in [0, 0.05) is 30.9 Å². The molecule has 11 heteroatoms. The summed E-state index contributed by atoms with van der Waals surface area (Å²) in [5.41, 5.74) is 2.00. The van der Waals surface area contributed by atoms with Crippen LogP contribution in [0.5, 0.6) is 5.75 Å². The van der Waals surface area contributed by atoms with E-state index < -0.39 is 10.1 Å². The lowest BCUT2D eigenvalue weighted by molar-refractivity contribution is -0.107. The summed E-state index contributed by atoms with van der Waals surface area (Å²) < 4.78 is 30.7. The van der Waals surface area contributed by atoms with Crippen LogP contribution >= 0.6 is 0 Å². The molecule has 0 radical (unpaired) electrons. The van der Waals surface area contributed by atoms with Gasteiger partial charge in [0.15, 0.2) is 0 Å². The zero-order valence-electron chi connectivity index (χ0n) is 18.0. The third kappa shape index (κ3) is 5.81. The predicted octanol–water partition coefficient (Wildman–Crippen LogP) is 1.84. The van der Waals surface area contributed by atoms with Gasteiger partial charge in [-0.3, -0.25) is 9.69 Å². The lowest BCUT2D eigenvalue weighted by Crippen LogP contribution is -2.24. The van der Waals surface area contributed by atoms with Gasteiger partial charge in [0.1, 0.15) is 10.6 Å². The third-order valence-electron chi connectivity index (χ3n) is 5.24. The summed E-state index contributed by atoms with van der Waals surface area (Å²) >= 11 is 0. The molecule has 1 amide bonds. The molecule has 33 heavy (non-hydrogen) atoms. The zero-order chi connectivity index (χ0) is 23.3. The molecule has 0 spiro atoms. The molecule has 0 bridgehead atoms. The highest BCUT2D eigenvalue weighted by molar-refractivity contribution is 7.87. The maximum absolute atomic E-state index is 12.7. The number of imidazole rings is 1. The minimum Gasteiger partial charge on any atom is -0.395 e. The number of benzene rings is 2. The van der Waals surface area contributed by atoms with Crippen LogP contribution in [0.2, 0.25) is 0 Å². The number of nitrogens with one attached hydrogen (secondary N) is 3. The molecule has 0 saturated heterocycles. The average molecular weight is 474 g/mol. The molecule has 4 N–H and O–H groups in total. The van der Waals surface area contributed by atoms with Gasteiger partial charge in [-0.05, 0) is 62.2 Å². The van der Waals surface area contributed by atoms with Crippen molar-refractivity contribution in [3.05, 3.63) is 42.5 Å². The number of hydrogen-bond acceptors (Lipinski definition) is 8. The summed E-state index contributed by atoms with van der Waals surface area (Å²) in [7, 11) is -4.02. The summed E-state index contributed by atoms with van der Waals surface area (Å²) in [6, 6.07) is 11.3. The van der Waals surface area contributed by atoms with Crippen molar-refractivity contribution in [2.24, 2.45) is 0 Å². The van der Waals surface area contributed by atoms with Crippen molar-refractivity contribution in [2.75, 3.05) is 36.5 Å². The molecule has 3 aromatic rings. The van der Waals surface area contributed by atoms with Gasteiger partial charge in [-0.1, -0.05) is 0 Å². The van der Waals surface area contributed by atoms with Gasteiger partial charge >= 0.3 is 10.1 Å². The minimum absolute atomic E-state index is 0.0429. The maximum atomic E-state index is 12.7. The molecule has 1 heterocycles. The Hall–Kier alpha value is -3.15. The van der Waals surface area contributed by atoms with Crippen LogP contribution in [-0.4, -0.2) is 62.2 Å². The molecular weight excluding hydrogens is 446 g/mol. The molecule has 4 rings (SSSR count). The zero-order valence-corrected chi connectivity index (χ0v) is 18.8. The third-order valence-corrected chi connectivity index (χ3v) is 6.50. The van der Waals surface area contributed by atoms with Gasteiger partial charge in [-0.25, -0.2) is 4.98 Å². The van der Waals surface area contributed by atoms with Gasteiger partial charge in [0.05, 0.1) is 17.6 Å². The lowest BCUT2D eigenvalue weighted by atomic mass is 10.3. The number of amides is 1. The number of H-pyrrole nitrogens is 1. The highest BCUT2D eigenvalue weighted by Crippen LogP contribution is 2.31.